The third kappa shape index (κ3) is 6.71. The van der Waals surface area contributed by atoms with Crippen molar-refractivity contribution in [1.82, 2.24) is 4.98 Å². The van der Waals surface area contributed by atoms with Gasteiger partial charge in [-0.2, -0.15) is 13.2 Å². The summed E-state index contributed by atoms with van der Waals surface area (Å²) in [5.41, 5.74) is 5.30. The Morgan fingerprint density at radius 3 is 2.42 bits per heavy atom. The van der Waals surface area contributed by atoms with Gasteiger partial charge in [-0.05, 0) is 66.4 Å². The SMILES string of the molecule is CN(c1ccc(C(CCc2ccc(C(F)(F)F)nc2Nc2ccc(Cl)cc2)C(N)=O)cc1F)S(=O)O. The molecule has 0 fully saturated rings. The van der Waals surface area contributed by atoms with Crippen LogP contribution in [0.1, 0.15) is 29.2 Å². The van der Waals surface area contributed by atoms with Gasteiger partial charge in [0.05, 0.1) is 11.6 Å². The third-order valence-electron chi connectivity index (χ3n) is 5.37. The Labute approximate surface area is 211 Å². The monoisotopic (exact) mass is 544 g/mol. The number of nitrogens with zero attached hydrogens (tertiary/aromatic N) is 2. The zero-order chi connectivity index (χ0) is 26.6. The number of nitrogens with two attached hydrogens (primary N) is 1. The van der Waals surface area contributed by atoms with Crippen molar-refractivity contribution in [2.75, 3.05) is 16.7 Å². The van der Waals surface area contributed by atoms with Gasteiger partial charge in [0.15, 0.2) is 0 Å². The maximum Gasteiger partial charge on any atom is 0.433 e. The summed E-state index contributed by atoms with van der Waals surface area (Å²) < 4.78 is 75.5. The molecule has 0 spiro atoms. The molecule has 7 nitrogen and oxygen atoms in total. The molecule has 1 heterocycles. The second-order valence-corrected chi connectivity index (χ2v) is 9.21. The van der Waals surface area contributed by atoms with E-state index in [4.69, 9.17) is 21.9 Å². The Hall–Kier alpha value is -3.22. The van der Waals surface area contributed by atoms with Gasteiger partial charge < -0.3 is 11.1 Å². The van der Waals surface area contributed by atoms with Crippen LogP contribution in [0, 0.1) is 5.82 Å². The molecule has 1 amide bonds. The van der Waals surface area contributed by atoms with E-state index in [1.807, 2.05) is 0 Å². The highest BCUT2D eigenvalue weighted by molar-refractivity contribution is 7.80. The average molecular weight is 545 g/mol. The van der Waals surface area contributed by atoms with E-state index < -0.39 is 40.8 Å². The number of primary amides is 1. The van der Waals surface area contributed by atoms with E-state index in [9.17, 15) is 26.6 Å². The zero-order valence-corrected chi connectivity index (χ0v) is 20.3. The Bertz CT molecular complexity index is 1280. The third-order valence-corrected chi connectivity index (χ3v) is 6.29. The van der Waals surface area contributed by atoms with Gasteiger partial charge in [-0.1, -0.05) is 23.7 Å². The molecule has 2 unspecified atom stereocenters. The molecule has 0 aliphatic heterocycles. The number of nitrogens with one attached hydrogen (secondary N) is 1. The number of benzene rings is 2. The lowest BCUT2D eigenvalue weighted by atomic mass is 9.91. The molecule has 192 valence electrons. The van der Waals surface area contributed by atoms with Gasteiger partial charge in [-0.25, -0.2) is 13.6 Å². The molecular formula is C23H21ClF4N4O3S. The van der Waals surface area contributed by atoms with Crippen LogP contribution in [-0.4, -0.2) is 26.7 Å². The number of aryl methyl sites for hydroxylation is 1. The number of carbonyl (C=O) groups is 1. The smallest absolute Gasteiger partial charge is 0.369 e. The van der Waals surface area contributed by atoms with Gasteiger partial charge in [0.25, 0.3) is 11.3 Å². The maximum atomic E-state index is 14.6. The minimum absolute atomic E-state index is 0.0399. The van der Waals surface area contributed by atoms with Crippen LogP contribution >= 0.6 is 11.6 Å². The van der Waals surface area contributed by atoms with Crippen LogP contribution in [-0.2, 0) is 28.7 Å². The predicted octanol–water partition coefficient (Wildman–Crippen LogP) is 5.41. The predicted molar refractivity (Wildman–Crippen MR) is 130 cm³/mol. The van der Waals surface area contributed by atoms with E-state index in [2.05, 4.69) is 10.3 Å². The number of pyridine rings is 1. The van der Waals surface area contributed by atoms with E-state index >= 15 is 0 Å². The van der Waals surface area contributed by atoms with Crippen molar-refractivity contribution in [1.29, 1.82) is 0 Å². The number of rotatable bonds is 9. The van der Waals surface area contributed by atoms with Crippen LogP contribution in [0.5, 0.6) is 0 Å². The van der Waals surface area contributed by atoms with Gasteiger partial charge in [-0.15, -0.1) is 0 Å². The summed E-state index contributed by atoms with van der Waals surface area (Å²) in [7, 11) is 1.21. The van der Waals surface area contributed by atoms with Gasteiger partial charge in [0.1, 0.15) is 17.3 Å². The highest BCUT2D eigenvalue weighted by atomic mass is 35.5. The summed E-state index contributed by atoms with van der Waals surface area (Å²) in [5.74, 6) is -2.66. The van der Waals surface area contributed by atoms with Crippen molar-refractivity contribution in [2.24, 2.45) is 5.73 Å². The summed E-state index contributed by atoms with van der Waals surface area (Å²) in [6, 6.07) is 12.0. The molecule has 0 aliphatic carbocycles. The standard InChI is InChI=1S/C23H21ClF4N4O3S/c1-32(36(34)35)19-10-3-14(12-18(19)25)17(21(29)33)9-2-13-4-11-20(23(26,27)28)31-22(13)30-16-7-5-15(24)6-8-16/h3-8,10-12,17H,2,9H2,1H3,(H2,29,33)(H,30,31)(H,34,35). The van der Waals surface area contributed by atoms with Crippen LogP contribution in [0.4, 0.5) is 34.8 Å². The fourth-order valence-corrected chi connectivity index (χ4v) is 3.92. The molecule has 0 aliphatic rings. The number of halogens is 5. The fourth-order valence-electron chi connectivity index (χ4n) is 3.48. The number of anilines is 3. The molecule has 36 heavy (non-hydrogen) atoms. The van der Waals surface area contributed by atoms with Crippen LogP contribution in [0.2, 0.25) is 5.02 Å². The molecule has 0 bridgehead atoms. The molecule has 3 rings (SSSR count). The normalized spacial score (nSPS) is 13.2. The molecule has 2 aromatic carbocycles. The quantitative estimate of drug-likeness (QED) is 0.246. The number of amides is 1. The van der Waals surface area contributed by atoms with Crippen LogP contribution < -0.4 is 15.4 Å². The molecule has 1 aromatic heterocycles. The fraction of sp³-hybridized carbons (Fsp3) is 0.217. The molecule has 0 radical (unpaired) electrons. The highest BCUT2D eigenvalue weighted by Gasteiger charge is 2.33. The second-order valence-electron chi connectivity index (χ2n) is 7.77. The lowest BCUT2D eigenvalue weighted by Crippen LogP contribution is -2.23. The summed E-state index contributed by atoms with van der Waals surface area (Å²) in [4.78, 5) is 15.9. The topological polar surface area (TPSA) is 109 Å². The molecule has 4 N–H and O–H groups in total. The van der Waals surface area contributed by atoms with Gasteiger partial charge in [-0.3, -0.25) is 13.7 Å². The van der Waals surface area contributed by atoms with Crippen LogP contribution in [0.15, 0.2) is 54.6 Å². The molecule has 13 heteroatoms. The Morgan fingerprint density at radius 1 is 1.19 bits per heavy atom. The van der Waals surface area contributed by atoms with Crippen molar-refractivity contribution in [2.45, 2.75) is 24.9 Å². The number of carbonyl (C=O) groups excluding carboxylic acids is 1. The lowest BCUT2D eigenvalue weighted by molar-refractivity contribution is -0.141. The minimum Gasteiger partial charge on any atom is -0.369 e. The van der Waals surface area contributed by atoms with Gasteiger partial charge in [0, 0.05) is 17.8 Å². The second kappa shape index (κ2) is 11.2. The van der Waals surface area contributed by atoms with Crippen molar-refractivity contribution in [3.05, 3.63) is 82.3 Å². The number of hydrogen-bond acceptors (Lipinski definition) is 4. The lowest BCUT2D eigenvalue weighted by Gasteiger charge is -2.19. The van der Waals surface area contributed by atoms with E-state index in [0.29, 0.717) is 16.3 Å². The van der Waals surface area contributed by atoms with E-state index in [1.165, 1.54) is 25.2 Å². The largest absolute Gasteiger partial charge is 0.433 e. The Morgan fingerprint density at radius 2 is 1.86 bits per heavy atom. The first kappa shape index (κ1) is 27.4. The van der Waals surface area contributed by atoms with Gasteiger partial charge in [0.2, 0.25) is 5.91 Å². The molecule has 0 saturated heterocycles. The Kier molecular flexibility index (Phi) is 8.54. The number of hydrogen-bond donors (Lipinski definition) is 3. The first-order chi connectivity index (χ1) is 16.9. The summed E-state index contributed by atoms with van der Waals surface area (Å²) in [6.45, 7) is 0. The molecule has 2 atom stereocenters. The number of aromatic nitrogens is 1. The first-order valence-electron chi connectivity index (χ1n) is 10.4. The van der Waals surface area contributed by atoms with Crippen molar-refractivity contribution < 1.29 is 31.1 Å². The average Bonchev–Trinajstić information content (AvgIpc) is 2.80. The minimum atomic E-state index is -4.67. The van der Waals surface area contributed by atoms with E-state index in [0.717, 1.165) is 16.4 Å². The highest BCUT2D eigenvalue weighted by Crippen LogP contribution is 2.33. The van der Waals surface area contributed by atoms with E-state index in [-0.39, 0.29) is 29.9 Å². The van der Waals surface area contributed by atoms with Crippen LogP contribution in [0.25, 0.3) is 0 Å². The molecule has 3 aromatic rings. The molecule has 0 saturated carbocycles. The van der Waals surface area contributed by atoms with Crippen molar-refractivity contribution in [3.8, 4) is 0 Å². The summed E-state index contributed by atoms with van der Waals surface area (Å²) in [5, 5.41) is 3.28. The van der Waals surface area contributed by atoms with Crippen molar-refractivity contribution >= 4 is 46.0 Å². The summed E-state index contributed by atoms with van der Waals surface area (Å²) >= 11 is 3.41. The van der Waals surface area contributed by atoms with Gasteiger partial charge >= 0.3 is 6.18 Å². The van der Waals surface area contributed by atoms with E-state index in [1.54, 1.807) is 24.3 Å². The Balaban J connectivity index is 1.89. The summed E-state index contributed by atoms with van der Waals surface area (Å²) in [6.07, 6.45) is -4.55. The molecular weight excluding hydrogens is 524 g/mol. The van der Waals surface area contributed by atoms with Crippen molar-refractivity contribution in [3.63, 3.8) is 0 Å². The number of alkyl halides is 3. The zero-order valence-electron chi connectivity index (χ0n) is 18.7. The first-order valence-corrected chi connectivity index (χ1v) is 11.8. The maximum absolute atomic E-state index is 14.6. The van der Waals surface area contributed by atoms with Crippen LogP contribution in [0.3, 0.4) is 0 Å².